The van der Waals surface area contributed by atoms with Crippen LogP contribution in [0, 0.1) is 11.8 Å². The molecule has 4 heteroatoms. The summed E-state index contributed by atoms with van der Waals surface area (Å²) in [4.78, 5) is 11.2. The van der Waals surface area contributed by atoms with Gasteiger partial charge in [0.15, 0.2) is 0 Å². The predicted octanol–water partition coefficient (Wildman–Crippen LogP) is 0.631. The second-order valence-electron chi connectivity index (χ2n) is 4.19. The van der Waals surface area contributed by atoms with Gasteiger partial charge in [-0.2, -0.15) is 0 Å². The molecule has 0 saturated carbocycles. The molecule has 1 amide bonds. The summed E-state index contributed by atoms with van der Waals surface area (Å²) in [6.07, 6.45) is 0. The van der Waals surface area contributed by atoms with Gasteiger partial charge in [0, 0.05) is 13.7 Å². The Morgan fingerprint density at radius 3 is 2.53 bits per heavy atom. The molecular weight excluding hydrogens is 192 g/mol. The van der Waals surface area contributed by atoms with Gasteiger partial charge in [0.25, 0.3) is 0 Å². The summed E-state index contributed by atoms with van der Waals surface area (Å²) in [6, 6.07) is 0. The largest absolute Gasteiger partial charge is 0.383 e. The molecule has 0 rings (SSSR count). The van der Waals surface area contributed by atoms with Crippen LogP contribution in [0.15, 0.2) is 0 Å². The minimum Gasteiger partial charge on any atom is -0.383 e. The molecule has 0 spiro atoms. The van der Waals surface area contributed by atoms with Crippen LogP contribution in [0.3, 0.4) is 0 Å². The lowest BCUT2D eigenvalue weighted by molar-refractivity contribution is -0.120. The van der Waals surface area contributed by atoms with Crippen LogP contribution >= 0.6 is 0 Å². The molecule has 0 heterocycles. The molecule has 0 aromatic rings. The molecule has 0 aliphatic rings. The van der Waals surface area contributed by atoms with Crippen molar-refractivity contribution in [1.29, 1.82) is 0 Å². The number of carbonyl (C=O) groups is 1. The van der Waals surface area contributed by atoms with Crippen molar-refractivity contribution in [3.63, 3.8) is 0 Å². The number of carbonyl (C=O) groups excluding carboxylic acids is 1. The predicted molar refractivity (Wildman–Crippen MR) is 61.8 cm³/mol. The van der Waals surface area contributed by atoms with Crippen molar-refractivity contribution in [2.45, 2.75) is 20.8 Å². The summed E-state index contributed by atoms with van der Waals surface area (Å²) >= 11 is 0. The van der Waals surface area contributed by atoms with E-state index < -0.39 is 0 Å². The van der Waals surface area contributed by atoms with Crippen molar-refractivity contribution in [3.05, 3.63) is 0 Å². The van der Waals surface area contributed by atoms with E-state index in [1.807, 2.05) is 0 Å². The molecule has 0 aromatic heterocycles. The average molecular weight is 216 g/mol. The Morgan fingerprint density at radius 1 is 1.33 bits per heavy atom. The van der Waals surface area contributed by atoms with E-state index >= 15 is 0 Å². The Balaban J connectivity index is 3.38. The minimum atomic E-state index is 0.0306. The van der Waals surface area contributed by atoms with Gasteiger partial charge in [-0.05, 0) is 18.4 Å². The molecule has 0 fully saturated rings. The van der Waals surface area contributed by atoms with E-state index in [0.29, 0.717) is 31.5 Å². The Morgan fingerprint density at radius 2 is 2.00 bits per heavy atom. The second kappa shape index (κ2) is 8.68. The quantitative estimate of drug-likeness (QED) is 0.585. The number of rotatable bonds is 8. The minimum absolute atomic E-state index is 0.0306. The van der Waals surface area contributed by atoms with Crippen molar-refractivity contribution in [1.82, 2.24) is 10.6 Å². The highest BCUT2D eigenvalue weighted by Crippen LogP contribution is 2.06. The van der Waals surface area contributed by atoms with E-state index in [-0.39, 0.29) is 5.91 Å². The highest BCUT2D eigenvalue weighted by molar-refractivity contribution is 5.77. The third kappa shape index (κ3) is 8.39. The van der Waals surface area contributed by atoms with Gasteiger partial charge in [-0.1, -0.05) is 20.8 Å². The number of nitrogens with one attached hydrogen (secondary N) is 2. The zero-order valence-corrected chi connectivity index (χ0v) is 10.3. The lowest BCUT2D eigenvalue weighted by atomic mass is 9.98. The Bertz CT molecular complexity index is 172. The third-order valence-corrected chi connectivity index (χ3v) is 2.52. The average Bonchev–Trinajstić information content (AvgIpc) is 2.18. The van der Waals surface area contributed by atoms with E-state index in [2.05, 4.69) is 31.4 Å². The Labute approximate surface area is 92.8 Å². The van der Waals surface area contributed by atoms with Gasteiger partial charge < -0.3 is 15.4 Å². The van der Waals surface area contributed by atoms with E-state index in [4.69, 9.17) is 4.74 Å². The summed E-state index contributed by atoms with van der Waals surface area (Å²) < 4.78 is 4.83. The molecular formula is C11H24N2O2. The second-order valence-corrected chi connectivity index (χ2v) is 4.19. The SMILES string of the molecule is COCCNC(=O)CNCC(C)C(C)C. The monoisotopic (exact) mass is 216 g/mol. The fourth-order valence-electron chi connectivity index (χ4n) is 1.00. The van der Waals surface area contributed by atoms with E-state index in [9.17, 15) is 4.79 Å². The zero-order chi connectivity index (χ0) is 11.7. The summed E-state index contributed by atoms with van der Waals surface area (Å²) in [7, 11) is 1.62. The van der Waals surface area contributed by atoms with Gasteiger partial charge in [0.05, 0.1) is 13.2 Å². The van der Waals surface area contributed by atoms with Crippen molar-refractivity contribution >= 4 is 5.91 Å². The van der Waals surface area contributed by atoms with Crippen LogP contribution in [0.5, 0.6) is 0 Å². The van der Waals surface area contributed by atoms with Crippen LogP contribution in [0.2, 0.25) is 0 Å². The van der Waals surface area contributed by atoms with Crippen molar-refractivity contribution < 1.29 is 9.53 Å². The highest BCUT2D eigenvalue weighted by atomic mass is 16.5. The maximum atomic E-state index is 11.2. The van der Waals surface area contributed by atoms with Crippen LogP contribution in [0.4, 0.5) is 0 Å². The molecule has 0 saturated heterocycles. The molecule has 90 valence electrons. The van der Waals surface area contributed by atoms with E-state index in [1.165, 1.54) is 0 Å². The number of hydrogen-bond acceptors (Lipinski definition) is 3. The van der Waals surface area contributed by atoms with Crippen LogP contribution in [0.1, 0.15) is 20.8 Å². The standard InChI is InChI=1S/C11H24N2O2/c1-9(2)10(3)7-12-8-11(14)13-5-6-15-4/h9-10,12H,5-8H2,1-4H3,(H,13,14). The normalized spacial score (nSPS) is 12.9. The van der Waals surface area contributed by atoms with E-state index in [0.717, 1.165) is 6.54 Å². The Hall–Kier alpha value is -0.610. The molecule has 0 aliphatic heterocycles. The van der Waals surface area contributed by atoms with Crippen LogP contribution in [-0.2, 0) is 9.53 Å². The highest BCUT2D eigenvalue weighted by Gasteiger charge is 2.07. The summed E-state index contributed by atoms with van der Waals surface area (Å²) in [5.41, 5.74) is 0. The van der Waals surface area contributed by atoms with Gasteiger partial charge in [0.1, 0.15) is 0 Å². The van der Waals surface area contributed by atoms with Crippen molar-refractivity contribution in [2.75, 3.05) is 33.4 Å². The molecule has 4 nitrogen and oxygen atoms in total. The molecule has 1 unspecified atom stereocenters. The van der Waals surface area contributed by atoms with Gasteiger partial charge in [-0.3, -0.25) is 4.79 Å². The fourth-order valence-corrected chi connectivity index (χ4v) is 1.00. The lowest BCUT2D eigenvalue weighted by Gasteiger charge is -2.15. The fraction of sp³-hybridized carbons (Fsp3) is 0.909. The van der Waals surface area contributed by atoms with E-state index in [1.54, 1.807) is 7.11 Å². The topological polar surface area (TPSA) is 50.4 Å². The first-order valence-electron chi connectivity index (χ1n) is 5.54. The number of methoxy groups -OCH3 is 1. The first-order valence-corrected chi connectivity index (χ1v) is 5.54. The maximum Gasteiger partial charge on any atom is 0.234 e. The van der Waals surface area contributed by atoms with Crippen LogP contribution in [0.25, 0.3) is 0 Å². The van der Waals surface area contributed by atoms with Crippen molar-refractivity contribution in [3.8, 4) is 0 Å². The third-order valence-electron chi connectivity index (χ3n) is 2.52. The van der Waals surface area contributed by atoms with Crippen molar-refractivity contribution in [2.24, 2.45) is 11.8 Å². The molecule has 15 heavy (non-hydrogen) atoms. The number of ether oxygens (including phenoxy) is 1. The summed E-state index contributed by atoms with van der Waals surface area (Å²) in [5, 5.41) is 5.90. The summed E-state index contributed by atoms with van der Waals surface area (Å²) in [6.45, 7) is 8.97. The molecule has 1 atom stereocenters. The number of amides is 1. The summed E-state index contributed by atoms with van der Waals surface area (Å²) in [5.74, 6) is 1.27. The smallest absolute Gasteiger partial charge is 0.234 e. The maximum absolute atomic E-state index is 11.2. The first-order chi connectivity index (χ1) is 7.07. The molecule has 0 aromatic carbocycles. The molecule has 0 aliphatic carbocycles. The molecule has 0 bridgehead atoms. The van der Waals surface area contributed by atoms with Gasteiger partial charge in [-0.25, -0.2) is 0 Å². The zero-order valence-electron chi connectivity index (χ0n) is 10.3. The lowest BCUT2D eigenvalue weighted by Crippen LogP contribution is -2.37. The van der Waals surface area contributed by atoms with Gasteiger partial charge in [0.2, 0.25) is 5.91 Å². The number of hydrogen-bond donors (Lipinski definition) is 2. The van der Waals surface area contributed by atoms with Gasteiger partial charge >= 0.3 is 0 Å². The van der Waals surface area contributed by atoms with Crippen LogP contribution < -0.4 is 10.6 Å². The molecule has 0 radical (unpaired) electrons. The first kappa shape index (κ1) is 14.4. The van der Waals surface area contributed by atoms with Gasteiger partial charge in [-0.15, -0.1) is 0 Å². The van der Waals surface area contributed by atoms with Crippen LogP contribution in [-0.4, -0.2) is 39.3 Å². The Kier molecular flexibility index (Phi) is 8.33. The molecule has 2 N–H and O–H groups in total.